The molecular formula is C18H23N5O2. The Balaban J connectivity index is 1.94. The Morgan fingerprint density at radius 2 is 2.00 bits per heavy atom. The average molecular weight is 341 g/mol. The van der Waals surface area contributed by atoms with Crippen LogP contribution in [0.3, 0.4) is 0 Å². The highest BCUT2D eigenvalue weighted by molar-refractivity contribution is 5.84. The summed E-state index contributed by atoms with van der Waals surface area (Å²) in [5, 5.41) is 2.53. The molecule has 0 spiro atoms. The van der Waals surface area contributed by atoms with Crippen LogP contribution in [0.4, 0.5) is 10.6 Å². The van der Waals surface area contributed by atoms with Gasteiger partial charge >= 0.3 is 6.03 Å². The van der Waals surface area contributed by atoms with E-state index in [1.165, 1.54) is 0 Å². The Labute approximate surface area is 147 Å². The maximum Gasteiger partial charge on any atom is 0.314 e. The normalized spacial score (nSPS) is 12.6. The molecule has 0 aliphatic carbocycles. The summed E-state index contributed by atoms with van der Waals surface area (Å²) < 4.78 is 5.70. The molecule has 0 aliphatic heterocycles. The monoisotopic (exact) mass is 341 g/mol. The van der Waals surface area contributed by atoms with E-state index >= 15 is 0 Å². The highest BCUT2D eigenvalue weighted by Gasteiger charge is 2.13. The standard InChI is InChI=1S/C18H23N5O2/c1-13-6-5-10-21-17(13)22-15(19)12-16(23-18(20)24)25-11-9-14-7-3-2-4-8-14/h2-8,10,16H,9,11-12H2,1H3,(H2,19,21,22)(H3,20,23,24). The molecule has 0 bridgehead atoms. The van der Waals surface area contributed by atoms with Crippen LogP contribution in [0.2, 0.25) is 0 Å². The van der Waals surface area contributed by atoms with Crippen LogP contribution < -0.4 is 16.8 Å². The first kappa shape index (κ1) is 18.4. The summed E-state index contributed by atoms with van der Waals surface area (Å²) in [5.74, 6) is 0.849. The number of amides is 2. The summed E-state index contributed by atoms with van der Waals surface area (Å²) >= 11 is 0. The first-order valence-electron chi connectivity index (χ1n) is 8.00. The second-order valence-corrected chi connectivity index (χ2v) is 5.55. The zero-order valence-electron chi connectivity index (χ0n) is 14.2. The lowest BCUT2D eigenvalue weighted by molar-refractivity contribution is 0.0449. The number of nitrogens with one attached hydrogen (secondary N) is 1. The summed E-state index contributed by atoms with van der Waals surface area (Å²) in [5.41, 5.74) is 13.2. The van der Waals surface area contributed by atoms with Crippen molar-refractivity contribution in [1.82, 2.24) is 10.3 Å². The van der Waals surface area contributed by atoms with Crippen molar-refractivity contribution in [1.29, 1.82) is 0 Å². The van der Waals surface area contributed by atoms with E-state index in [0.717, 1.165) is 11.1 Å². The predicted octanol–water partition coefficient (Wildman–Crippen LogP) is 2.02. The van der Waals surface area contributed by atoms with E-state index in [9.17, 15) is 4.79 Å². The molecule has 0 aliphatic rings. The molecule has 0 radical (unpaired) electrons. The van der Waals surface area contributed by atoms with Gasteiger partial charge in [-0.3, -0.25) is 0 Å². The quantitative estimate of drug-likeness (QED) is 0.387. The van der Waals surface area contributed by atoms with Crippen LogP contribution in [0.15, 0.2) is 53.7 Å². The number of aliphatic imine (C=N–C) groups is 1. The molecule has 7 heteroatoms. The van der Waals surface area contributed by atoms with Gasteiger partial charge in [0.05, 0.1) is 13.0 Å². The number of urea groups is 1. The fraction of sp³-hybridized carbons (Fsp3) is 0.278. The molecule has 0 saturated heterocycles. The Bertz CT molecular complexity index is 718. The lowest BCUT2D eigenvalue weighted by Gasteiger charge is -2.18. The summed E-state index contributed by atoms with van der Waals surface area (Å²) in [4.78, 5) is 19.6. The summed E-state index contributed by atoms with van der Waals surface area (Å²) in [7, 11) is 0. The number of nitrogens with zero attached hydrogens (tertiary/aromatic N) is 2. The minimum atomic E-state index is -0.675. The van der Waals surface area contributed by atoms with Gasteiger partial charge in [-0.05, 0) is 30.5 Å². The molecule has 0 fully saturated rings. The Hall–Kier alpha value is -2.93. The smallest absolute Gasteiger partial charge is 0.314 e. The molecule has 2 rings (SSSR count). The Morgan fingerprint density at radius 3 is 2.68 bits per heavy atom. The molecule has 1 aromatic heterocycles. The van der Waals surface area contributed by atoms with E-state index in [1.54, 1.807) is 6.20 Å². The van der Waals surface area contributed by atoms with Crippen LogP contribution in [-0.2, 0) is 11.2 Å². The maximum absolute atomic E-state index is 11.2. The molecule has 132 valence electrons. The fourth-order valence-electron chi connectivity index (χ4n) is 2.24. The summed E-state index contributed by atoms with van der Waals surface area (Å²) in [6, 6.07) is 13.0. The summed E-state index contributed by atoms with van der Waals surface area (Å²) in [6.07, 6.45) is 1.94. The SMILES string of the molecule is Cc1cccnc1N=C(N)CC(NC(N)=O)OCCc1ccccc1. The van der Waals surface area contributed by atoms with Gasteiger partial charge in [0.1, 0.15) is 12.1 Å². The van der Waals surface area contributed by atoms with E-state index in [0.29, 0.717) is 24.7 Å². The van der Waals surface area contributed by atoms with Gasteiger partial charge in [0.25, 0.3) is 0 Å². The lowest BCUT2D eigenvalue weighted by atomic mass is 10.2. The van der Waals surface area contributed by atoms with Gasteiger partial charge in [0, 0.05) is 6.20 Å². The van der Waals surface area contributed by atoms with Gasteiger partial charge in [-0.2, -0.15) is 0 Å². The number of rotatable bonds is 8. The fourth-order valence-corrected chi connectivity index (χ4v) is 2.24. The van der Waals surface area contributed by atoms with Crippen molar-refractivity contribution in [3.8, 4) is 0 Å². The van der Waals surface area contributed by atoms with Crippen LogP contribution in [0.1, 0.15) is 17.5 Å². The maximum atomic E-state index is 11.2. The van der Waals surface area contributed by atoms with Gasteiger partial charge in [-0.15, -0.1) is 0 Å². The number of hydrogen-bond donors (Lipinski definition) is 3. The molecule has 25 heavy (non-hydrogen) atoms. The van der Waals surface area contributed by atoms with Crippen molar-refractivity contribution in [2.75, 3.05) is 6.61 Å². The number of ether oxygens (including phenoxy) is 1. The first-order valence-corrected chi connectivity index (χ1v) is 8.00. The topological polar surface area (TPSA) is 116 Å². The number of amidine groups is 1. The van der Waals surface area contributed by atoms with E-state index < -0.39 is 12.3 Å². The van der Waals surface area contributed by atoms with Gasteiger partial charge < -0.3 is 21.5 Å². The van der Waals surface area contributed by atoms with Crippen LogP contribution in [0, 0.1) is 6.92 Å². The molecule has 0 saturated carbocycles. The van der Waals surface area contributed by atoms with Gasteiger partial charge in [-0.25, -0.2) is 14.8 Å². The zero-order valence-corrected chi connectivity index (χ0v) is 14.2. The van der Waals surface area contributed by atoms with Crippen molar-refractivity contribution in [2.24, 2.45) is 16.5 Å². The number of nitrogens with two attached hydrogens (primary N) is 2. The number of benzene rings is 1. The minimum Gasteiger partial charge on any atom is -0.387 e. The van der Waals surface area contributed by atoms with Crippen molar-refractivity contribution < 1.29 is 9.53 Å². The number of primary amides is 1. The van der Waals surface area contributed by atoms with Crippen LogP contribution in [-0.4, -0.2) is 29.7 Å². The van der Waals surface area contributed by atoms with E-state index in [2.05, 4.69) is 15.3 Å². The van der Waals surface area contributed by atoms with Crippen molar-refractivity contribution in [3.05, 3.63) is 59.8 Å². The number of aromatic nitrogens is 1. The predicted molar refractivity (Wildman–Crippen MR) is 97.5 cm³/mol. The molecule has 2 amide bonds. The molecule has 1 heterocycles. The van der Waals surface area contributed by atoms with Gasteiger partial charge in [-0.1, -0.05) is 36.4 Å². The third-order valence-corrected chi connectivity index (χ3v) is 3.48. The zero-order chi connectivity index (χ0) is 18.1. The van der Waals surface area contributed by atoms with Gasteiger partial charge in [0.15, 0.2) is 5.82 Å². The third-order valence-electron chi connectivity index (χ3n) is 3.48. The number of aryl methyl sites for hydroxylation is 1. The largest absolute Gasteiger partial charge is 0.387 e. The number of pyridine rings is 1. The molecule has 7 nitrogen and oxygen atoms in total. The Kier molecular flexibility index (Phi) is 6.91. The summed E-state index contributed by atoms with van der Waals surface area (Å²) in [6.45, 7) is 2.32. The van der Waals surface area contributed by atoms with E-state index in [-0.39, 0.29) is 6.42 Å². The first-order chi connectivity index (χ1) is 12.0. The van der Waals surface area contributed by atoms with E-state index in [4.69, 9.17) is 16.2 Å². The average Bonchev–Trinajstić information content (AvgIpc) is 2.57. The molecular weight excluding hydrogens is 318 g/mol. The second kappa shape index (κ2) is 9.39. The highest BCUT2D eigenvalue weighted by Crippen LogP contribution is 2.13. The molecule has 1 unspecified atom stereocenters. The van der Waals surface area contributed by atoms with E-state index in [1.807, 2.05) is 49.4 Å². The van der Waals surface area contributed by atoms with Crippen molar-refractivity contribution in [2.45, 2.75) is 26.0 Å². The molecule has 2 aromatic rings. The third kappa shape index (κ3) is 6.60. The van der Waals surface area contributed by atoms with Crippen molar-refractivity contribution >= 4 is 17.7 Å². The van der Waals surface area contributed by atoms with Crippen LogP contribution in [0.5, 0.6) is 0 Å². The second-order valence-electron chi connectivity index (χ2n) is 5.55. The lowest BCUT2D eigenvalue weighted by Crippen LogP contribution is -2.42. The van der Waals surface area contributed by atoms with Crippen LogP contribution >= 0.6 is 0 Å². The highest BCUT2D eigenvalue weighted by atomic mass is 16.5. The molecule has 1 atom stereocenters. The number of carbonyl (C=O) groups excluding carboxylic acids is 1. The number of hydrogen-bond acceptors (Lipinski definition) is 4. The molecule has 5 N–H and O–H groups in total. The minimum absolute atomic E-state index is 0.216. The van der Waals surface area contributed by atoms with Crippen LogP contribution in [0.25, 0.3) is 0 Å². The van der Waals surface area contributed by atoms with Crippen molar-refractivity contribution in [3.63, 3.8) is 0 Å². The molecule has 1 aromatic carbocycles. The number of carbonyl (C=O) groups is 1. The van der Waals surface area contributed by atoms with Gasteiger partial charge in [0.2, 0.25) is 0 Å². The Morgan fingerprint density at radius 1 is 1.24 bits per heavy atom.